The van der Waals surface area contributed by atoms with Crippen molar-refractivity contribution in [2.75, 3.05) is 30.6 Å². The lowest BCUT2D eigenvalue weighted by atomic mass is 10.4. The van der Waals surface area contributed by atoms with Crippen LogP contribution in [-0.4, -0.2) is 25.7 Å². The van der Waals surface area contributed by atoms with Gasteiger partial charge in [0.2, 0.25) is 0 Å². The Hall–Kier alpha value is -1.25. The minimum atomic E-state index is 0.937. The van der Waals surface area contributed by atoms with E-state index in [0.717, 1.165) is 12.5 Å². The highest BCUT2D eigenvalue weighted by Crippen LogP contribution is 2.30. The van der Waals surface area contributed by atoms with Crippen molar-refractivity contribution in [2.24, 2.45) is 0 Å². The zero-order valence-electron chi connectivity index (χ0n) is 6.78. The molecule has 2 rings (SSSR count). The third-order valence-electron chi connectivity index (χ3n) is 1.96. The number of hydrogen-bond acceptors (Lipinski definition) is 3. The first kappa shape index (κ1) is 6.46. The SMILES string of the molecule is CN1CN(C)c2ncccc21. The van der Waals surface area contributed by atoms with Crippen molar-refractivity contribution in [3.05, 3.63) is 18.3 Å². The van der Waals surface area contributed by atoms with Gasteiger partial charge in [-0.3, -0.25) is 0 Å². The Morgan fingerprint density at radius 3 is 2.91 bits per heavy atom. The van der Waals surface area contributed by atoms with Crippen molar-refractivity contribution in [2.45, 2.75) is 0 Å². The lowest BCUT2D eigenvalue weighted by molar-refractivity contribution is 0.908. The molecule has 0 aromatic carbocycles. The summed E-state index contributed by atoms with van der Waals surface area (Å²) in [6.45, 7) is 0.937. The average Bonchev–Trinajstić information content (AvgIpc) is 2.30. The monoisotopic (exact) mass is 149 g/mol. The number of nitrogens with zero attached hydrogens (tertiary/aromatic N) is 3. The summed E-state index contributed by atoms with van der Waals surface area (Å²) in [5, 5.41) is 0. The maximum Gasteiger partial charge on any atom is 0.153 e. The van der Waals surface area contributed by atoms with Gasteiger partial charge in [-0.1, -0.05) is 0 Å². The van der Waals surface area contributed by atoms with Crippen LogP contribution in [0.4, 0.5) is 11.5 Å². The van der Waals surface area contributed by atoms with E-state index in [-0.39, 0.29) is 0 Å². The number of pyridine rings is 1. The summed E-state index contributed by atoms with van der Waals surface area (Å²) >= 11 is 0. The molecule has 0 atom stereocenters. The summed E-state index contributed by atoms with van der Waals surface area (Å²) in [5.41, 5.74) is 1.22. The zero-order chi connectivity index (χ0) is 7.84. The third kappa shape index (κ3) is 0.843. The summed E-state index contributed by atoms with van der Waals surface area (Å²) in [6.07, 6.45) is 1.83. The molecule has 1 aromatic heterocycles. The minimum absolute atomic E-state index is 0.937. The molecular weight excluding hydrogens is 138 g/mol. The largest absolute Gasteiger partial charge is 0.354 e. The Morgan fingerprint density at radius 1 is 1.36 bits per heavy atom. The van der Waals surface area contributed by atoms with E-state index in [9.17, 15) is 0 Å². The first-order valence-electron chi connectivity index (χ1n) is 3.66. The highest BCUT2D eigenvalue weighted by molar-refractivity contribution is 5.71. The van der Waals surface area contributed by atoms with Crippen molar-refractivity contribution >= 4 is 11.5 Å². The molecule has 58 valence electrons. The van der Waals surface area contributed by atoms with Crippen LogP contribution in [0.25, 0.3) is 0 Å². The second-order valence-corrected chi connectivity index (χ2v) is 2.88. The quantitative estimate of drug-likeness (QED) is 0.547. The van der Waals surface area contributed by atoms with Gasteiger partial charge in [-0.25, -0.2) is 4.98 Å². The average molecular weight is 149 g/mol. The molecular formula is C8H11N3. The number of rotatable bonds is 0. The molecule has 0 saturated heterocycles. The summed E-state index contributed by atoms with van der Waals surface area (Å²) < 4.78 is 0. The van der Waals surface area contributed by atoms with Crippen molar-refractivity contribution in [3.8, 4) is 0 Å². The normalized spacial score (nSPS) is 15.5. The standard InChI is InChI=1S/C8H11N3/c1-10-6-11(2)8-7(10)4-3-5-9-8/h3-5H,6H2,1-2H3. The first-order valence-corrected chi connectivity index (χ1v) is 3.66. The molecule has 0 fully saturated rings. The smallest absolute Gasteiger partial charge is 0.153 e. The number of fused-ring (bicyclic) bond motifs is 1. The van der Waals surface area contributed by atoms with E-state index in [4.69, 9.17) is 0 Å². The molecule has 0 radical (unpaired) electrons. The first-order chi connectivity index (χ1) is 5.29. The number of hydrogen-bond donors (Lipinski definition) is 0. The molecule has 0 unspecified atom stereocenters. The predicted molar refractivity (Wildman–Crippen MR) is 45.9 cm³/mol. The van der Waals surface area contributed by atoms with Gasteiger partial charge in [-0.2, -0.15) is 0 Å². The molecule has 3 heteroatoms. The maximum absolute atomic E-state index is 4.27. The second kappa shape index (κ2) is 2.12. The summed E-state index contributed by atoms with van der Waals surface area (Å²) in [6, 6.07) is 4.06. The van der Waals surface area contributed by atoms with Gasteiger partial charge in [0.25, 0.3) is 0 Å². The van der Waals surface area contributed by atoms with Gasteiger partial charge >= 0.3 is 0 Å². The molecule has 0 bridgehead atoms. The molecule has 0 saturated carbocycles. The Labute approximate surface area is 66.3 Å². The van der Waals surface area contributed by atoms with Gasteiger partial charge in [0.1, 0.15) is 0 Å². The Kier molecular flexibility index (Phi) is 1.24. The van der Waals surface area contributed by atoms with Gasteiger partial charge in [0.15, 0.2) is 5.82 Å². The Balaban J connectivity index is 2.52. The third-order valence-corrected chi connectivity index (χ3v) is 1.96. The molecule has 1 aliphatic rings. The summed E-state index contributed by atoms with van der Waals surface area (Å²) in [4.78, 5) is 8.59. The van der Waals surface area contributed by atoms with E-state index in [1.807, 2.05) is 12.3 Å². The van der Waals surface area contributed by atoms with Crippen LogP contribution < -0.4 is 9.80 Å². The van der Waals surface area contributed by atoms with Gasteiger partial charge < -0.3 is 9.80 Å². The van der Waals surface area contributed by atoms with Gasteiger partial charge in [-0.15, -0.1) is 0 Å². The predicted octanol–water partition coefficient (Wildman–Crippen LogP) is 0.925. The van der Waals surface area contributed by atoms with E-state index < -0.39 is 0 Å². The zero-order valence-corrected chi connectivity index (χ0v) is 6.78. The van der Waals surface area contributed by atoms with Crippen LogP contribution in [-0.2, 0) is 0 Å². The highest BCUT2D eigenvalue weighted by atomic mass is 15.4. The number of anilines is 2. The van der Waals surface area contributed by atoms with Crippen molar-refractivity contribution in [3.63, 3.8) is 0 Å². The summed E-state index contributed by atoms with van der Waals surface area (Å²) in [5.74, 6) is 1.08. The van der Waals surface area contributed by atoms with E-state index in [0.29, 0.717) is 0 Å². The fourth-order valence-corrected chi connectivity index (χ4v) is 1.44. The van der Waals surface area contributed by atoms with Crippen LogP contribution >= 0.6 is 0 Å². The molecule has 0 N–H and O–H groups in total. The molecule has 0 spiro atoms. The second-order valence-electron chi connectivity index (χ2n) is 2.88. The van der Waals surface area contributed by atoms with E-state index in [2.05, 4.69) is 34.9 Å². The van der Waals surface area contributed by atoms with Crippen molar-refractivity contribution < 1.29 is 0 Å². The lowest BCUT2D eigenvalue weighted by Crippen LogP contribution is -2.24. The fourth-order valence-electron chi connectivity index (χ4n) is 1.44. The molecule has 3 nitrogen and oxygen atoms in total. The molecule has 0 aliphatic carbocycles. The Morgan fingerprint density at radius 2 is 2.18 bits per heavy atom. The number of aromatic nitrogens is 1. The van der Waals surface area contributed by atoms with Crippen LogP contribution in [0.3, 0.4) is 0 Å². The molecule has 0 amide bonds. The summed E-state index contributed by atoms with van der Waals surface area (Å²) in [7, 11) is 4.12. The highest BCUT2D eigenvalue weighted by Gasteiger charge is 2.19. The lowest BCUT2D eigenvalue weighted by Gasteiger charge is -2.11. The molecule has 1 aliphatic heterocycles. The van der Waals surface area contributed by atoms with Gasteiger partial charge in [0, 0.05) is 20.3 Å². The molecule has 11 heavy (non-hydrogen) atoms. The van der Waals surface area contributed by atoms with E-state index in [1.54, 1.807) is 0 Å². The van der Waals surface area contributed by atoms with Crippen LogP contribution in [0.15, 0.2) is 18.3 Å². The van der Waals surface area contributed by atoms with Gasteiger partial charge in [-0.05, 0) is 12.1 Å². The van der Waals surface area contributed by atoms with Crippen LogP contribution in [0, 0.1) is 0 Å². The maximum atomic E-state index is 4.27. The van der Waals surface area contributed by atoms with Crippen LogP contribution in [0.2, 0.25) is 0 Å². The molecule has 1 aromatic rings. The minimum Gasteiger partial charge on any atom is -0.354 e. The van der Waals surface area contributed by atoms with Crippen molar-refractivity contribution in [1.82, 2.24) is 4.98 Å². The molecule has 2 heterocycles. The fraction of sp³-hybridized carbons (Fsp3) is 0.375. The van der Waals surface area contributed by atoms with E-state index in [1.165, 1.54) is 5.69 Å². The van der Waals surface area contributed by atoms with Gasteiger partial charge in [0.05, 0.1) is 12.4 Å². The van der Waals surface area contributed by atoms with E-state index >= 15 is 0 Å². The van der Waals surface area contributed by atoms with Crippen LogP contribution in [0.5, 0.6) is 0 Å². The topological polar surface area (TPSA) is 19.4 Å². The Bertz CT molecular complexity index is 245. The van der Waals surface area contributed by atoms with Crippen molar-refractivity contribution in [1.29, 1.82) is 0 Å². The van der Waals surface area contributed by atoms with Crippen LogP contribution in [0.1, 0.15) is 0 Å².